The number of carbonyl (C=O) groups is 2. The predicted molar refractivity (Wildman–Crippen MR) is 60.6 cm³/mol. The molecule has 0 rings (SSSR count). The van der Waals surface area contributed by atoms with Crippen LogP contribution in [-0.4, -0.2) is 18.4 Å². The van der Waals surface area contributed by atoms with Gasteiger partial charge >= 0.3 is 5.97 Å². The molecule has 0 aliphatic heterocycles. The molecule has 98 valence electrons. The number of carbonyl (C=O) groups excluding carboxylic acids is 2. The van der Waals surface area contributed by atoms with Gasteiger partial charge in [-0.1, -0.05) is 27.2 Å². The van der Waals surface area contributed by atoms with Crippen LogP contribution in [0.15, 0.2) is 0 Å². The summed E-state index contributed by atoms with van der Waals surface area (Å²) in [4.78, 5) is 32.8. The largest absolute Gasteiger partial charge is 0.355 e. The van der Waals surface area contributed by atoms with Crippen LogP contribution in [0.5, 0.6) is 0 Å². The van der Waals surface area contributed by atoms with Gasteiger partial charge in [0, 0.05) is 26.2 Å². The third-order valence-corrected chi connectivity index (χ3v) is 2.99. The van der Waals surface area contributed by atoms with Crippen molar-refractivity contribution in [3.63, 3.8) is 0 Å². The minimum Gasteiger partial charge on any atom is -0.299 e. The Balaban J connectivity index is 0. The normalized spacial score (nSPS) is 10.6. The Hall–Kier alpha value is -0.0169. The zero-order valence-electron chi connectivity index (χ0n) is 11.2. The molecule has 0 spiro atoms. The first-order valence-electron chi connectivity index (χ1n) is 5.90. The first kappa shape index (κ1) is 19.3. The molecular formula is C12H22O4Zr. The van der Waals surface area contributed by atoms with Gasteiger partial charge in [0.2, 0.25) is 0 Å². The van der Waals surface area contributed by atoms with Gasteiger partial charge in [-0.25, -0.2) is 4.79 Å². The number of ketones is 1. The Kier molecular flexibility index (Phi) is 11.3. The van der Waals surface area contributed by atoms with E-state index in [1.54, 1.807) is 13.8 Å². The molecular weight excluding hydrogens is 299 g/mol. The maximum atomic E-state index is 11.8. The summed E-state index contributed by atoms with van der Waals surface area (Å²) in [5.41, 5.74) is -1.04. The molecule has 0 unspecified atom stereocenters. The molecule has 0 bridgehead atoms. The molecule has 0 aliphatic carbocycles. The SMILES string of the molecule is CCCCOOC(=O)C(CC)(CC)C(C)=O.[Zr]. The van der Waals surface area contributed by atoms with Gasteiger partial charge in [-0.3, -0.25) is 9.68 Å². The van der Waals surface area contributed by atoms with Crippen LogP contribution >= 0.6 is 0 Å². The van der Waals surface area contributed by atoms with Gasteiger partial charge in [-0.05, 0) is 26.2 Å². The minimum atomic E-state index is -1.04. The molecule has 0 aromatic rings. The van der Waals surface area contributed by atoms with Gasteiger partial charge in [-0.2, -0.15) is 4.89 Å². The standard InChI is InChI=1S/C12H22O4.Zr/c1-5-8-9-15-16-11(14)12(6-2,7-3)10(4)13;/h5-9H2,1-4H3;. The summed E-state index contributed by atoms with van der Waals surface area (Å²) in [7, 11) is 0. The topological polar surface area (TPSA) is 52.6 Å². The Morgan fingerprint density at radius 3 is 2.00 bits per heavy atom. The number of unbranched alkanes of at least 4 members (excludes halogenated alkanes) is 1. The van der Waals surface area contributed by atoms with E-state index in [9.17, 15) is 9.59 Å². The van der Waals surface area contributed by atoms with Crippen molar-refractivity contribution < 1.29 is 45.6 Å². The second-order valence-corrected chi connectivity index (χ2v) is 3.89. The fourth-order valence-electron chi connectivity index (χ4n) is 1.56. The van der Waals surface area contributed by atoms with Crippen molar-refractivity contribution in [3.8, 4) is 0 Å². The molecule has 0 amide bonds. The molecule has 0 radical (unpaired) electrons. The smallest absolute Gasteiger partial charge is 0.299 e. The summed E-state index contributed by atoms with van der Waals surface area (Å²) in [5.74, 6) is -0.734. The van der Waals surface area contributed by atoms with Crippen molar-refractivity contribution in [2.45, 2.75) is 53.4 Å². The maximum absolute atomic E-state index is 11.8. The van der Waals surface area contributed by atoms with Gasteiger partial charge in [0.15, 0.2) is 0 Å². The van der Waals surface area contributed by atoms with Crippen LogP contribution in [0.25, 0.3) is 0 Å². The van der Waals surface area contributed by atoms with Crippen molar-refractivity contribution >= 4 is 11.8 Å². The summed E-state index contributed by atoms with van der Waals surface area (Å²) in [6, 6.07) is 0. The molecule has 0 saturated heterocycles. The van der Waals surface area contributed by atoms with Gasteiger partial charge in [0.1, 0.15) is 11.2 Å². The molecule has 0 N–H and O–H groups in total. The molecule has 4 nitrogen and oxygen atoms in total. The molecule has 17 heavy (non-hydrogen) atoms. The first-order chi connectivity index (χ1) is 7.55. The molecule has 0 fully saturated rings. The van der Waals surface area contributed by atoms with Crippen molar-refractivity contribution in [2.75, 3.05) is 6.61 Å². The van der Waals surface area contributed by atoms with Crippen molar-refractivity contribution in [1.82, 2.24) is 0 Å². The van der Waals surface area contributed by atoms with Crippen molar-refractivity contribution in [2.24, 2.45) is 5.41 Å². The Morgan fingerprint density at radius 1 is 1.12 bits per heavy atom. The third-order valence-electron chi connectivity index (χ3n) is 2.99. The average molecular weight is 322 g/mol. The summed E-state index contributed by atoms with van der Waals surface area (Å²) in [5, 5.41) is 0. The van der Waals surface area contributed by atoms with Crippen LogP contribution in [0.2, 0.25) is 0 Å². The number of hydrogen-bond donors (Lipinski definition) is 0. The van der Waals surface area contributed by atoms with Gasteiger partial charge < -0.3 is 0 Å². The Labute approximate surface area is 122 Å². The van der Waals surface area contributed by atoms with Crippen LogP contribution < -0.4 is 0 Å². The van der Waals surface area contributed by atoms with Crippen LogP contribution in [0.3, 0.4) is 0 Å². The second kappa shape index (κ2) is 9.96. The Morgan fingerprint density at radius 2 is 1.65 bits per heavy atom. The zero-order valence-corrected chi connectivity index (χ0v) is 13.6. The first-order valence-corrected chi connectivity index (χ1v) is 5.90. The van der Waals surface area contributed by atoms with E-state index in [-0.39, 0.29) is 32.0 Å². The Bertz CT molecular complexity index is 237. The van der Waals surface area contributed by atoms with Gasteiger partial charge in [0.25, 0.3) is 0 Å². The number of rotatable bonds is 8. The summed E-state index contributed by atoms with van der Waals surface area (Å²) in [6.45, 7) is 7.42. The number of hydrogen-bond acceptors (Lipinski definition) is 4. The van der Waals surface area contributed by atoms with Crippen LogP contribution in [0, 0.1) is 5.41 Å². The quantitative estimate of drug-likeness (QED) is 0.298. The van der Waals surface area contributed by atoms with Crippen LogP contribution in [0.1, 0.15) is 53.4 Å². The van der Waals surface area contributed by atoms with E-state index < -0.39 is 11.4 Å². The molecule has 0 aromatic carbocycles. The fourth-order valence-corrected chi connectivity index (χ4v) is 1.56. The predicted octanol–water partition coefficient (Wildman–Crippen LogP) is 2.65. The van der Waals surface area contributed by atoms with E-state index in [2.05, 4.69) is 0 Å². The van der Waals surface area contributed by atoms with E-state index in [0.717, 1.165) is 12.8 Å². The monoisotopic (exact) mass is 320 g/mol. The van der Waals surface area contributed by atoms with E-state index in [1.807, 2.05) is 6.92 Å². The third kappa shape index (κ3) is 5.43. The number of Topliss-reactive ketones (excluding diaryl/α,β-unsaturated/α-hetero) is 1. The summed E-state index contributed by atoms with van der Waals surface area (Å²) < 4.78 is 0. The van der Waals surface area contributed by atoms with Gasteiger partial charge in [-0.15, -0.1) is 0 Å². The average Bonchev–Trinajstić information content (AvgIpc) is 2.26. The molecule has 0 heterocycles. The maximum Gasteiger partial charge on any atom is 0.355 e. The fraction of sp³-hybridized carbons (Fsp3) is 0.833. The molecule has 0 atom stereocenters. The van der Waals surface area contributed by atoms with E-state index in [0.29, 0.717) is 19.4 Å². The molecule has 5 heteroatoms. The van der Waals surface area contributed by atoms with Crippen LogP contribution in [-0.2, 0) is 45.6 Å². The van der Waals surface area contributed by atoms with Crippen LogP contribution in [0.4, 0.5) is 0 Å². The molecule has 0 saturated carbocycles. The van der Waals surface area contributed by atoms with Crippen molar-refractivity contribution in [3.05, 3.63) is 0 Å². The molecule has 0 aromatic heterocycles. The van der Waals surface area contributed by atoms with Gasteiger partial charge in [0.05, 0.1) is 6.61 Å². The van der Waals surface area contributed by atoms with E-state index in [4.69, 9.17) is 9.78 Å². The van der Waals surface area contributed by atoms with Crippen molar-refractivity contribution in [1.29, 1.82) is 0 Å². The summed E-state index contributed by atoms with van der Waals surface area (Å²) in [6.07, 6.45) is 2.68. The van der Waals surface area contributed by atoms with E-state index in [1.165, 1.54) is 6.92 Å². The zero-order chi connectivity index (χ0) is 12.6. The summed E-state index contributed by atoms with van der Waals surface area (Å²) >= 11 is 0. The molecule has 0 aliphatic rings. The second-order valence-electron chi connectivity index (χ2n) is 3.89. The van der Waals surface area contributed by atoms with E-state index >= 15 is 0 Å². The minimum absolute atomic E-state index is 0.